The minimum absolute atomic E-state index is 0.0836. The van der Waals surface area contributed by atoms with Crippen LogP contribution in [0.2, 0.25) is 0 Å². The summed E-state index contributed by atoms with van der Waals surface area (Å²) in [7, 11) is 0. The zero-order chi connectivity index (χ0) is 16.6. The number of aromatic hydroxyl groups is 1. The topological polar surface area (TPSA) is 55.1 Å². The third-order valence-corrected chi connectivity index (χ3v) is 4.00. The molecule has 1 N–H and O–H groups in total. The van der Waals surface area contributed by atoms with E-state index < -0.39 is 0 Å². The van der Waals surface area contributed by atoms with Gasteiger partial charge in [-0.2, -0.15) is 0 Å². The Morgan fingerprint density at radius 3 is 2.43 bits per heavy atom. The van der Waals surface area contributed by atoms with E-state index in [-0.39, 0.29) is 17.2 Å². The zero-order valence-electron chi connectivity index (χ0n) is 13.6. The maximum atomic E-state index is 13.0. The van der Waals surface area contributed by atoms with Crippen LogP contribution in [0.3, 0.4) is 0 Å². The van der Waals surface area contributed by atoms with Crippen LogP contribution < -0.4 is 5.56 Å². The summed E-state index contributed by atoms with van der Waals surface area (Å²) in [5.74, 6) is 0.891. The molecular weight excluding hydrogens is 288 g/mol. The number of aromatic nitrogens is 2. The quantitative estimate of drug-likeness (QED) is 0.801. The lowest BCUT2D eigenvalue weighted by atomic mass is 10.1. The van der Waals surface area contributed by atoms with Crippen molar-refractivity contribution < 1.29 is 5.11 Å². The first-order chi connectivity index (χ1) is 11.0. The lowest BCUT2D eigenvalue weighted by molar-refractivity contribution is 0.476. The van der Waals surface area contributed by atoms with Crippen LogP contribution in [-0.2, 0) is 6.42 Å². The molecule has 0 radical (unpaired) electrons. The molecule has 0 bridgehead atoms. The monoisotopic (exact) mass is 308 g/mol. The fraction of sp³-hybridized carbons (Fsp3) is 0.263. The number of benzene rings is 2. The van der Waals surface area contributed by atoms with Crippen molar-refractivity contribution in [3.63, 3.8) is 0 Å². The van der Waals surface area contributed by atoms with E-state index in [1.54, 1.807) is 10.6 Å². The SMILES string of the molecule is CCc1ccc(-n2c(C(C)C)nc3cc(O)ccc3c2=O)cc1. The van der Waals surface area contributed by atoms with Crippen molar-refractivity contribution in [2.75, 3.05) is 0 Å². The predicted molar refractivity (Wildman–Crippen MR) is 92.5 cm³/mol. The molecular formula is C19H20N2O2. The van der Waals surface area contributed by atoms with Gasteiger partial charge in [-0.25, -0.2) is 4.98 Å². The average Bonchev–Trinajstić information content (AvgIpc) is 2.54. The van der Waals surface area contributed by atoms with Crippen LogP contribution >= 0.6 is 0 Å². The molecule has 0 saturated carbocycles. The molecule has 2 aromatic carbocycles. The van der Waals surface area contributed by atoms with Crippen molar-refractivity contribution in [2.24, 2.45) is 0 Å². The molecule has 118 valence electrons. The van der Waals surface area contributed by atoms with Crippen molar-refractivity contribution in [2.45, 2.75) is 33.1 Å². The number of nitrogens with zero attached hydrogens (tertiary/aromatic N) is 2. The van der Waals surface area contributed by atoms with E-state index in [0.29, 0.717) is 16.7 Å². The van der Waals surface area contributed by atoms with Gasteiger partial charge in [0.05, 0.1) is 16.6 Å². The van der Waals surface area contributed by atoms with Crippen LogP contribution in [0, 0.1) is 0 Å². The number of rotatable bonds is 3. The first kappa shape index (κ1) is 15.3. The summed E-state index contributed by atoms with van der Waals surface area (Å²) in [6.07, 6.45) is 0.960. The van der Waals surface area contributed by atoms with Crippen molar-refractivity contribution in [1.82, 2.24) is 9.55 Å². The second-order valence-corrected chi connectivity index (χ2v) is 5.99. The third-order valence-electron chi connectivity index (χ3n) is 4.00. The van der Waals surface area contributed by atoms with E-state index >= 15 is 0 Å². The Labute approximate surface area is 135 Å². The molecule has 4 heteroatoms. The van der Waals surface area contributed by atoms with Crippen molar-refractivity contribution in [3.05, 3.63) is 64.2 Å². The summed E-state index contributed by atoms with van der Waals surface area (Å²) in [6.45, 7) is 6.12. The molecule has 0 amide bonds. The van der Waals surface area contributed by atoms with Gasteiger partial charge in [0.2, 0.25) is 0 Å². The maximum Gasteiger partial charge on any atom is 0.265 e. The fourth-order valence-corrected chi connectivity index (χ4v) is 2.71. The molecule has 3 aromatic rings. The molecule has 23 heavy (non-hydrogen) atoms. The molecule has 1 aromatic heterocycles. The van der Waals surface area contributed by atoms with Gasteiger partial charge in [0.1, 0.15) is 11.6 Å². The Hall–Kier alpha value is -2.62. The lowest BCUT2D eigenvalue weighted by Gasteiger charge is -2.16. The van der Waals surface area contributed by atoms with Crippen LogP contribution in [-0.4, -0.2) is 14.7 Å². The number of phenolic OH excluding ortho intramolecular Hbond substituents is 1. The largest absolute Gasteiger partial charge is 0.508 e. The molecule has 1 heterocycles. The molecule has 0 fully saturated rings. The number of hydrogen-bond acceptors (Lipinski definition) is 3. The number of fused-ring (bicyclic) bond motifs is 1. The summed E-state index contributed by atoms with van der Waals surface area (Å²) in [4.78, 5) is 17.6. The highest BCUT2D eigenvalue weighted by Gasteiger charge is 2.15. The normalized spacial score (nSPS) is 11.3. The lowest BCUT2D eigenvalue weighted by Crippen LogP contribution is -2.24. The van der Waals surface area contributed by atoms with Gasteiger partial charge in [-0.05, 0) is 36.2 Å². The predicted octanol–water partition coefficient (Wildman–Crippen LogP) is 3.78. The van der Waals surface area contributed by atoms with Crippen molar-refractivity contribution >= 4 is 10.9 Å². The summed E-state index contributed by atoms with van der Waals surface area (Å²) < 4.78 is 1.67. The molecule has 0 aliphatic carbocycles. The standard InChI is InChI=1S/C19H20N2O2/c1-4-13-5-7-14(8-6-13)21-18(12(2)3)20-17-11-15(22)9-10-16(17)19(21)23/h5-12,22H,4H2,1-3H3. The summed E-state index contributed by atoms with van der Waals surface area (Å²) in [5, 5.41) is 10.2. The second-order valence-electron chi connectivity index (χ2n) is 5.99. The Balaban J connectivity index is 2.33. The van der Waals surface area contributed by atoms with Crippen molar-refractivity contribution in [1.29, 1.82) is 0 Å². The van der Waals surface area contributed by atoms with E-state index in [0.717, 1.165) is 12.1 Å². The maximum absolute atomic E-state index is 13.0. The Morgan fingerprint density at radius 2 is 1.83 bits per heavy atom. The van der Waals surface area contributed by atoms with E-state index in [2.05, 4.69) is 11.9 Å². The van der Waals surface area contributed by atoms with E-state index in [1.165, 1.54) is 17.7 Å². The summed E-state index contributed by atoms with van der Waals surface area (Å²) in [6, 6.07) is 12.7. The van der Waals surface area contributed by atoms with Gasteiger partial charge in [0.15, 0.2) is 0 Å². The van der Waals surface area contributed by atoms with Gasteiger partial charge in [0, 0.05) is 12.0 Å². The van der Waals surface area contributed by atoms with Gasteiger partial charge < -0.3 is 5.11 Å². The first-order valence-electron chi connectivity index (χ1n) is 7.86. The fourth-order valence-electron chi connectivity index (χ4n) is 2.71. The molecule has 3 rings (SSSR count). The van der Waals surface area contributed by atoms with Gasteiger partial charge in [0.25, 0.3) is 5.56 Å². The van der Waals surface area contributed by atoms with E-state index in [1.807, 2.05) is 38.1 Å². The number of hydrogen-bond donors (Lipinski definition) is 1. The van der Waals surface area contributed by atoms with E-state index in [4.69, 9.17) is 0 Å². The van der Waals surface area contributed by atoms with Gasteiger partial charge >= 0.3 is 0 Å². The molecule has 0 saturated heterocycles. The first-order valence-corrected chi connectivity index (χ1v) is 7.86. The third kappa shape index (κ3) is 2.72. The van der Waals surface area contributed by atoms with Crippen LogP contribution in [0.5, 0.6) is 5.75 Å². The Morgan fingerprint density at radius 1 is 1.13 bits per heavy atom. The second kappa shape index (κ2) is 5.88. The molecule has 0 aliphatic heterocycles. The zero-order valence-corrected chi connectivity index (χ0v) is 13.6. The van der Waals surface area contributed by atoms with Crippen molar-refractivity contribution in [3.8, 4) is 11.4 Å². The van der Waals surface area contributed by atoms with Crippen LogP contribution in [0.25, 0.3) is 16.6 Å². The average molecular weight is 308 g/mol. The van der Waals surface area contributed by atoms with E-state index in [9.17, 15) is 9.90 Å². The number of aryl methyl sites for hydroxylation is 1. The molecule has 4 nitrogen and oxygen atoms in total. The summed E-state index contributed by atoms with van der Waals surface area (Å²) in [5.41, 5.74) is 2.47. The highest BCUT2D eigenvalue weighted by molar-refractivity contribution is 5.79. The Bertz CT molecular complexity index is 909. The molecule has 0 atom stereocenters. The van der Waals surface area contributed by atoms with Gasteiger partial charge in [-0.3, -0.25) is 9.36 Å². The smallest absolute Gasteiger partial charge is 0.265 e. The van der Waals surface area contributed by atoms with Crippen LogP contribution in [0.4, 0.5) is 0 Å². The molecule has 0 spiro atoms. The Kier molecular flexibility index (Phi) is 3.90. The van der Waals surface area contributed by atoms with Gasteiger partial charge in [-0.1, -0.05) is 32.9 Å². The highest BCUT2D eigenvalue weighted by atomic mass is 16.3. The molecule has 0 unspecified atom stereocenters. The minimum Gasteiger partial charge on any atom is -0.508 e. The minimum atomic E-state index is -0.108. The number of phenols is 1. The van der Waals surface area contributed by atoms with Gasteiger partial charge in [-0.15, -0.1) is 0 Å². The van der Waals surface area contributed by atoms with Crippen LogP contribution in [0.1, 0.15) is 38.1 Å². The van der Waals surface area contributed by atoms with Crippen LogP contribution in [0.15, 0.2) is 47.3 Å². The molecule has 0 aliphatic rings. The highest BCUT2D eigenvalue weighted by Crippen LogP contribution is 2.21. The summed E-state index contributed by atoms with van der Waals surface area (Å²) >= 11 is 0.